The highest BCUT2D eigenvalue weighted by Gasteiger charge is 2.36. The summed E-state index contributed by atoms with van der Waals surface area (Å²) in [5, 5.41) is 3.07. The Morgan fingerprint density at radius 3 is 2.42 bits per heavy atom. The van der Waals surface area contributed by atoms with E-state index in [1.165, 1.54) is 11.0 Å². The minimum absolute atomic E-state index is 0. The maximum absolute atomic E-state index is 12.8. The van der Waals surface area contributed by atoms with Crippen LogP contribution in [0.4, 0.5) is 0 Å². The molecule has 166 valence electrons. The molecule has 1 fully saturated rings. The van der Waals surface area contributed by atoms with Crippen molar-refractivity contribution >= 4 is 42.5 Å². The van der Waals surface area contributed by atoms with Crippen LogP contribution in [0.2, 0.25) is 0 Å². The van der Waals surface area contributed by atoms with Gasteiger partial charge in [0.1, 0.15) is 0 Å². The molecule has 1 aliphatic carbocycles. The van der Waals surface area contributed by atoms with Gasteiger partial charge in [-0.25, -0.2) is 0 Å². The van der Waals surface area contributed by atoms with Crippen molar-refractivity contribution in [3.05, 3.63) is 65.0 Å². The molecule has 9 heteroatoms. The van der Waals surface area contributed by atoms with Crippen LogP contribution >= 0.6 is 24.8 Å². The Hall–Kier alpha value is -2.48. The summed E-state index contributed by atoms with van der Waals surface area (Å²) in [6.45, 7) is 0.725. The van der Waals surface area contributed by atoms with Gasteiger partial charge in [0.2, 0.25) is 0 Å². The minimum Gasteiger partial charge on any atom is -0.349 e. The van der Waals surface area contributed by atoms with E-state index in [-0.39, 0.29) is 66.6 Å². The van der Waals surface area contributed by atoms with Crippen molar-refractivity contribution in [3.8, 4) is 0 Å². The Morgan fingerprint density at radius 1 is 1.03 bits per heavy atom. The molecule has 31 heavy (non-hydrogen) atoms. The van der Waals surface area contributed by atoms with E-state index in [0.29, 0.717) is 17.7 Å². The second-order valence-electron chi connectivity index (χ2n) is 7.67. The number of hydrogen-bond acceptors (Lipinski definition) is 5. The van der Waals surface area contributed by atoms with Crippen molar-refractivity contribution in [1.82, 2.24) is 15.2 Å². The molecule has 0 spiro atoms. The van der Waals surface area contributed by atoms with Crippen molar-refractivity contribution in [2.75, 3.05) is 6.54 Å². The fourth-order valence-corrected chi connectivity index (χ4v) is 4.18. The van der Waals surface area contributed by atoms with Crippen LogP contribution < -0.4 is 11.1 Å². The second-order valence-corrected chi connectivity index (χ2v) is 7.67. The molecule has 1 saturated carbocycles. The normalized spacial score (nSPS) is 19.8. The van der Waals surface area contributed by atoms with Crippen LogP contribution in [0.1, 0.15) is 62.3 Å². The summed E-state index contributed by atoms with van der Waals surface area (Å²) in [5.74, 6) is -0.676. The lowest BCUT2D eigenvalue weighted by Crippen LogP contribution is -2.44. The van der Waals surface area contributed by atoms with E-state index in [4.69, 9.17) is 5.73 Å². The molecule has 1 aromatic heterocycles. The average Bonchev–Trinajstić information content (AvgIpc) is 2.99. The van der Waals surface area contributed by atoms with E-state index in [2.05, 4.69) is 10.3 Å². The van der Waals surface area contributed by atoms with E-state index in [9.17, 15) is 14.4 Å². The Balaban J connectivity index is 0.00000171. The fourth-order valence-electron chi connectivity index (χ4n) is 4.18. The fraction of sp³-hybridized carbons (Fsp3) is 0.364. The smallest absolute Gasteiger partial charge is 0.261 e. The number of aromatic nitrogens is 1. The molecule has 3 N–H and O–H groups in total. The molecule has 0 saturated heterocycles. The van der Waals surface area contributed by atoms with E-state index in [0.717, 1.165) is 31.2 Å². The summed E-state index contributed by atoms with van der Waals surface area (Å²) in [7, 11) is 0. The molecule has 1 aromatic carbocycles. The number of halogens is 2. The zero-order chi connectivity index (χ0) is 20.4. The molecule has 4 rings (SSSR count). The predicted octanol–water partition coefficient (Wildman–Crippen LogP) is 2.97. The van der Waals surface area contributed by atoms with E-state index in [1.54, 1.807) is 36.7 Å². The number of amides is 3. The molecule has 0 radical (unpaired) electrons. The van der Waals surface area contributed by atoms with Crippen LogP contribution in [0.25, 0.3) is 0 Å². The number of rotatable bonds is 5. The first-order chi connectivity index (χ1) is 14.1. The third-order valence-corrected chi connectivity index (χ3v) is 5.85. The molecule has 2 unspecified atom stereocenters. The number of benzene rings is 1. The quantitative estimate of drug-likeness (QED) is 0.661. The summed E-state index contributed by atoms with van der Waals surface area (Å²) >= 11 is 0. The van der Waals surface area contributed by atoms with Crippen molar-refractivity contribution in [2.45, 2.75) is 38.3 Å². The Morgan fingerprint density at radius 2 is 1.71 bits per heavy atom. The van der Waals surface area contributed by atoms with Crippen molar-refractivity contribution < 1.29 is 14.4 Å². The molecule has 1 aliphatic heterocycles. The van der Waals surface area contributed by atoms with Gasteiger partial charge in [-0.2, -0.15) is 0 Å². The van der Waals surface area contributed by atoms with Gasteiger partial charge >= 0.3 is 0 Å². The Kier molecular flexibility index (Phi) is 8.56. The third-order valence-electron chi connectivity index (χ3n) is 5.85. The van der Waals surface area contributed by atoms with Gasteiger partial charge in [-0.1, -0.05) is 12.8 Å². The number of nitrogens with two attached hydrogens (primary N) is 1. The summed E-state index contributed by atoms with van der Waals surface area (Å²) in [6, 6.07) is 8.28. The number of fused-ring (bicyclic) bond motifs is 1. The highest BCUT2D eigenvalue weighted by Crippen LogP contribution is 2.27. The van der Waals surface area contributed by atoms with Crippen molar-refractivity contribution in [3.63, 3.8) is 0 Å². The first kappa shape index (κ1) is 24.8. The number of nitrogens with zero attached hydrogens (tertiary/aromatic N) is 2. The highest BCUT2D eigenvalue weighted by atomic mass is 35.5. The zero-order valence-electron chi connectivity index (χ0n) is 17.0. The number of hydrogen-bond donors (Lipinski definition) is 2. The lowest BCUT2D eigenvalue weighted by molar-refractivity contribution is 0.0642. The summed E-state index contributed by atoms with van der Waals surface area (Å²) < 4.78 is 0. The topological polar surface area (TPSA) is 105 Å². The zero-order valence-corrected chi connectivity index (χ0v) is 18.6. The van der Waals surface area contributed by atoms with Crippen LogP contribution in [0, 0.1) is 5.92 Å². The van der Waals surface area contributed by atoms with Crippen LogP contribution in [-0.2, 0) is 6.54 Å². The van der Waals surface area contributed by atoms with E-state index < -0.39 is 0 Å². The highest BCUT2D eigenvalue weighted by molar-refractivity contribution is 6.22. The lowest BCUT2D eigenvalue weighted by Gasteiger charge is -2.31. The first-order valence-electron chi connectivity index (χ1n) is 9.98. The van der Waals surface area contributed by atoms with Crippen molar-refractivity contribution in [1.29, 1.82) is 0 Å². The number of carbonyl (C=O) groups is 3. The molecular weight excluding hydrogens is 439 g/mol. The van der Waals surface area contributed by atoms with E-state index in [1.807, 2.05) is 0 Å². The third kappa shape index (κ3) is 5.06. The van der Waals surface area contributed by atoms with Crippen LogP contribution in [0.3, 0.4) is 0 Å². The molecule has 2 aliphatic rings. The summed E-state index contributed by atoms with van der Waals surface area (Å²) in [6.07, 6.45) is 7.38. The van der Waals surface area contributed by atoms with Crippen molar-refractivity contribution in [2.24, 2.45) is 11.7 Å². The SMILES string of the molecule is Cl.Cl.NCC1CCCCC1NC(=O)c1ccc2c(c1)C(=O)N(Cc1ccncc1)C2=O. The largest absolute Gasteiger partial charge is 0.349 e. The minimum atomic E-state index is -0.381. The monoisotopic (exact) mass is 464 g/mol. The molecule has 7 nitrogen and oxygen atoms in total. The van der Waals surface area contributed by atoms with Gasteiger partial charge in [0, 0.05) is 24.0 Å². The van der Waals surface area contributed by atoms with Gasteiger partial charge in [0.25, 0.3) is 17.7 Å². The number of pyridine rings is 1. The standard InChI is InChI=1S/C22H24N4O3.2ClH/c23-12-16-3-1-2-4-19(16)25-20(27)15-5-6-17-18(11-15)22(29)26(21(17)28)13-14-7-9-24-10-8-14;;/h5-11,16,19H,1-4,12-13,23H2,(H,25,27);2*1H. The molecule has 3 amide bonds. The summed E-state index contributed by atoms with van der Waals surface area (Å²) in [5.41, 5.74) is 7.66. The maximum Gasteiger partial charge on any atom is 0.261 e. The number of imide groups is 1. The number of carbonyl (C=O) groups excluding carboxylic acids is 3. The van der Waals surface area contributed by atoms with Crippen LogP contribution in [0.15, 0.2) is 42.7 Å². The lowest BCUT2D eigenvalue weighted by atomic mass is 9.84. The Labute approximate surface area is 193 Å². The maximum atomic E-state index is 12.8. The predicted molar refractivity (Wildman–Crippen MR) is 122 cm³/mol. The van der Waals surface area contributed by atoms with E-state index >= 15 is 0 Å². The van der Waals surface area contributed by atoms with Gasteiger partial charge in [-0.05, 0) is 61.2 Å². The first-order valence-corrected chi connectivity index (χ1v) is 9.98. The average molecular weight is 465 g/mol. The second kappa shape index (κ2) is 10.7. The van der Waals surface area contributed by atoms with Gasteiger partial charge in [0.15, 0.2) is 0 Å². The van der Waals surface area contributed by atoms with Gasteiger partial charge in [0.05, 0.1) is 17.7 Å². The molecular formula is C22H26Cl2N4O3. The molecule has 0 bridgehead atoms. The van der Waals surface area contributed by atoms with Crippen LogP contribution in [0.5, 0.6) is 0 Å². The molecule has 2 atom stereocenters. The molecule has 2 aromatic rings. The summed E-state index contributed by atoms with van der Waals surface area (Å²) in [4.78, 5) is 43.4. The molecule has 2 heterocycles. The van der Waals surface area contributed by atoms with Gasteiger partial charge < -0.3 is 11.1 Å². The van der Waals surface area contributed by atoms with Gasteiger partial charge in [-0.3, -0.25) is 24.3 Å². The Bertz CT molecular complexity index is 955. The van der Waals surface area contributed by atoms with Crippen LogP contribution in [-0.4, -0.2) is 40.2 Å². The van der Waals surface area contributed by atoms with Gasteiger partial charge in [-0.15, -0.1) is 24.8 Å². The number of nitrogens with one attached hydrogen (secondary N) is 1.